The Hall–Kier alpha value is -0.770. The summed E-state index contributed by atoms with van der Waals surface area (Å²) in [6.45, 7) is 2.35. The lowest BCUT2D eigenvalue weighted by Crippen LogP contribution is -2.37. The SMILES string of the molecule is O=COCCCCN(CCC(O)CCCO)CC(O)CC(O)CCO. The van der Waals surface area contributed by atoms with Crippen LogP contribution in [-0.4, -0.2) is 94.7 Å². The minimum atomic E-state index is -0.738. The molecule has 0 fully saturated rings. The average Bonchev–Trinajstić information content (AvgIpc) is 2.57. The van der Waals surface area contributed by atoms with Crippen molar-refractivity contribution < 1.29 is 35.1 Å². The zero-order valence-corrected chi connectivity index (χ0v) is 15.0. The van der Waals surface area contributed by atoms with E-state index in [1.807, 2.05) is 4.90 Å². The first kappa shape index (κ1) is 24.2. The molecule has 0 amide bonds. The number of ether oxygens (including phenoxy) is 1. The average molecular weight is 365 g/mol. The molecule has 0 aliphatic rings. The molecule has 8 nitrogen and oxygen atoms in total. The second-order valence-corrected chi connectivity index (χ2v) is 6.34. The highest BCUT2D eigenvalue weighted by molar-refractivity contribution is 5.36. The molecule has 0 aromatic heterocycles. The summed E-state index contributed by atoms with van der Waals surface area (Å²) in [5, 5.41) is 47.3. The Kier molecular flexibility index (Phi) is 16.2. The van der Waals surface area contributed by atoms with E-state index in [4.69, 9.17) is 10.2 Å². The highest BCUT2D eigenvalue weighted by atomic mass is 16.5. The molecule has 0 bridgehead atoms. The summed E-state index contributed by atoms with van der Waals surface area (Å²) in [6, 6.07) is 0. The molecule has 3 unspecified atom stereocenters. The molecule has 0 aliphatic heterocycles. The van der Waals surface area contributed by atoms with E-state index in [9.17, 15) is 20.1 Å². The number of hydrogen-bond acceptors (Lipinski definition) is 8. The lowest BCUT2D eigenvalue weighted by atomic mass is 10.1. The Bertz CT molecular complexity index is 307. The number of aliphatic hydroxyl groups is 5. The maximum absolute atomic E-state index is 10.1. The quantitative estimate of drug-likeness (QED) is 0.159. The van der Waals surface area contributed by atoms with E-state index >= 15 is 0 Å². The van der Waals surface area contributed by atoms with Gasteiger partial charge >= 0.3 is 0 Å². The van der Waals surface area contributed by atoms with Gasteiger partial charge < -0.3 is 35.2 Å². The highest BCUT2D eigenvalue weighted by Crippen LogP contribution is 2.09. The van der Waals surface area contributed by atoms with Crippen LogP contribution in [0.4, 0.5) is 0 Å². The van der Waals surface area contributed by atoms with Gasteiger partial charge in [0.15, 0.2) is 0 Å². The van der Waals surface area contributed by atoms with Crippen LogP contribution in [0, 0.1) is 0 Å². The van der Waals surface area contributed by atoms with Crippen molar-refractivity contribution in [2.45, 2.75) is 63.3 Å². The van der Waals surface area contributed by atoms with Gasteiger partial charge in [-0.1, -0.05) is 0 Å². The van der Waals surface area contributed by atoms with Crippen LogP contribution in [0.5, 0.6) is 0 Å². The number of rotatable bonds is 18. The van der Waals surface area contributed by atoms with Gasteiger partial charge in [-0.3, -0.25) is 4.79 Å². The van der Waals surface area contributed by atoms with Gasteiger partial charge in [-0.2, -0.15) is 0 Å². The van der Waals surface area contributed by atoms with Gasteiger partial charge in [-0.05, 0) is 45.1 Å². The molecule has 8 heteroatoms. The predicted molar refractivity (Wildman–Crippen MR) is 93.0 cm³/mol. The zero-order valence-electron chi connectivity index (χ0n) is 15.0. The first-order valence-corrected chi connectivity index (χ1v) is 9.07. The van der Waals surface area contributed by atoms with E-state index in [2.05, 4.69) is 4.74 Å². The van der Waals surface area contributed by atoms with E-state index in [1.54, 1.807) is 0 Å². The fraction of sp³-hybridized carbons (Fsp3) is 0.941. The number of hydrogen-bond donors (Lipinski definition) is 5. The monoisotopic (exact) mass is 365 g/mol. The second kappa shape index (κ2) is 16.7. The maximum Gasteiger partial charge on any atom is 0.293 e. The van der Waals surface area contributed by atoms with Crippen molar-refractivity contribution >= 4 is 6.47 Å². The molecular weight excluding hydrogens is 330 g/mol. The Morgan fingerprint density at radius 1 is 0.840 bits per heavy atom. The Labute approximate surface area is 150 Å². The fourth-order valence-electron chi connectivity index (χ4n) is 2.62. The molecule has 3 atom stereocenters. The van der Waals surface area contributed by atoms with Crippen molar-refractivity contribution in [2.24, 2.45) is 0 Å². The number of aliphatic hydroxyl groups excluding tert-OH is 5. The van der Waals surface area contributed by atoms with Crippen molar-refractivity contribution in [3.8, 4) is 0 Å². The largest absolute Gasteiger partial charge is 0.468 e. The number of unbranched alkanes of at least 4 members (excludes halogenated alkanes) is 1. The molecule has 25 heavy (non-hydrogen) atoms. The van der Waals surface area contributed by atoms with Crippen LogP contribution >= 0.6 is 0 Å². The van der Waals surface area contributed by atoms with Crippen LogP contribution in [0.25, 0.3) is 0 Å². The van der Waals surface area contributed by atoms with Crippen molar-refractivity contribution in [1.29, 1.82) is 0 Å². The van der Waals surface area contributed by atoms with E-state index in [1.165, 1.54) is 0 Å². The minimum Gasteiger partial charge on any atom is -0.468 e. The third-order valence-electron chi connectivity index (χ3n) is 4.00. The zero-order chi connectivity index (χ0) is 18.9. The molecule has 0 rings (SSSR count). The van der Waals surface area contributed by atoms with Crippen LogP contribution in [0.2, 0.25) is 0 Å². The van der Waals surface area contributed by atoms with Crippen molar-refractivity contribution in [3.63, 3.8) is 0 Å². The molecule has 0 saturated carbocycles. The van der Waals surface area contributed by atoms with Crippen molar-refractivity contribution in [3.05, 3.63) is 0 Å². The van der Waals surface area contributed by atoms with Gasteiger partial charge in [-0.15, -0.1) is 0 Å². The smallest absolute Gasteiger partial charge is 0.293 e. The molecule has 0 aromatic rings. The predicted octanol–water partition coefficient (Wildman–Crippen LogP) is -0.741. The van der Waals surface area contributed by atoms with Crippen LogP contribution < -0.4 is 0 Å². The first-order chi connectivity index (χ1) is 12.0. The minimum absolute atomic E-state index is 0.0545. The molecular formula is C17H35NO7. The highest BCUT2D eigenvalue weighted by Gasteiger charge is 2.16. The fourth-order valence-corrected chi connectivity index (χ4v) is 2.62. The Morgan fingerprint density at radius 2 is 1.60 bits per heavy atom. The standard InChI is InChI=1S/C17H35NO7/c19-9-3-4-15(22)5-8-18(7-1-2-11-25-14-21)13-17(24)12-16(23)6-10-20/h14-17,19-20,22-24H,1-13H2. The van der Waals surface area contributed by atoms with Gasteiger partial charge in [0.2, 0.25) is 0 Å². The third-order valence-corrected chi connectivity index (χ3v) is 4.00. The van der Waals surface area contributed by atoms with E-state index in [-0.39, 0.29) is 26.1 Å². The number of nitrogens with zero attached hydrogens (tertiary/aromatic N) is 1. The lowest BCUT2D eigenvalue weighted by molar-refractivity contribution is -0.128. The summed E-state index contributed by atoms with van der Waals surface area (Å²) in [6.07, 6.45) is 1.60. The van der Waals surface area contributed by atoms with Crippen LogP contribution in [0.15, 0.2) is 0 Å². The Morgan fingerprint density at radius 3 is 2.24 bits per heavy atom. The van der Waals surface area contributed by atoms with E-state index in [0.29, 0.717) is 58.4 Å². The molecule has 0 aliphatic carbocycles. The van der Waals surface area contributed by atoms with Crippen LogP contribution in [0.3, 0.4) is 0 Å². The molecule has 0 heterocycles. The van der Waals surface area contributed by atoms with E-state index in [0.717, 1.165) is 6.42 Å². The number of carbonyl (C=O) groups is 1. The summed E-state index contributed by atoms with van der Waals surface area (Å²) in [4.78, 5) is 12.1. The summed E-state index contributed by atoms with van der Waals surface area (Å²) in [5.41, 5.74) is 0. The Balaban J connectivity index is 4.27. The topological polar surface area (TPSA) is 131 Å². The van der Waals surface area contributed by atoms with Gasteiger partial charge in [0.05, 0.1) is 24.9 Å². The molecule has 0 saturated heterocycles. The van der Waals surface area contributed by atoms with Gasteiger partial charge in [0.25, 0.3) is 6.47 Å². The summed E-state index contributed by atoms with van der Waals surface area (Å²) in [5.74, 6) is 0. The molecule has 0 radical (unpaired) electrons. The third kappa shape index (κ3) is 15.2. The van der Waals surface area contributed by atoms with Crippen molar-refractivity contribution in [2.75, 3.05) is 39.5 Å². The second-order valence-electron chi connectivity index (χ2n) is 6.34. The molecule has 0 spiro atoms. The lowest BCUT2D eigenvalue weighted by Gasteiger charge is -2.27. The summed E-state index contributed by atoms with van der Waals surface area (Å²) in [7, 11) is 0. The summed E-state index contributed by atoms with van der Waals surface area (Å²) < 4.78 is 4.65. The molecule has 0 aromatic carbocycles. The van der Waals surface area contributed by atoms with Crippen LogP contribution in [0.1, 0.15) is 44.9 Å². The maximum atomic E-state index is 10.1. The van der Waals surface area contributed by atoms with Crippen LogP contribution in [-0.2, 0) is 9.53 Å². The molecule has 150 valence electrons. The summed E-state index contributed by atoms with van der Waals surface area (Å²) >= 11 is 0. The van der Waals surface area contributed by atoms with Gasteiger partial charge in [-0.25, -0.2) is 0 Å². The van der Waals surface area contributed by atoms with E-state index < -0.39 is 18.3 Å². The first-order valence-electron chi connectivity index (χ1n) is 9.07. The molecule has 5 N–H and O–H groups in total. The van der Waals surface area contributed by atoms with Gasteiger partial charge in [0.1, 0.15) is 0 Å². The van der Waals surface area contributed by atoms with Crippen molar-refractivity contribution in [1.82, 2.24) is 4.90 Å². The van der Waals surface area contributed by atoms with Gasteiger partial charge in [0, 0.05) is 32.7 Å². The number of carbonyl (C=O) groups excluding carboxylic acids is 1. The normalized spacial score (nSPS) is 15.1.